The van der Waals surface area contributed by atoms with Gasteiger partial charge in [-0.25, -0.2) is 9.37 Å². The highest BCUT2D eigenvalue weighted by Gasteiger charge is 2.12. The number of halogens is 1. The van der Waals surface area contributed by atoms with E-state index in [1.165, 1.54) is 35.2 Å². The lowest BCUT2D eigenvalue weighted by Gasteiger charge is -2.03. The molecule has 0 aliphatic carbocycles. The average Bonchev–Trinajstić information content (AvgIpc) is 2.87. The van der Waals surface area contributed by atoms with Crippen molar-refractivity contribution in [1.29, 1.82) is 10.5 Å². The molecule has 0 aliphatic heterocycles. The molecule has 20 heavy (non-hydrogen) atoms. The third-order valence-electron chi connectivity index (χ3n) is 2.80. The largest absolute Gasteiger partial charge is 0.321 e. The number of Topliss-reactive ketones (excluding diaryl/α,β-unsaturated/α-hetero) is 1. The Balaban J connectivity index is 2.08. The van der Waals surface area contributed by atoms with E-state index < -0.39 is 5.82 Å². The third-order valence-corrected chi connectivity index (χ3v) is 2.80. The van der Waals surface area contributed by atoms with E-state index >= 15 is 0 Å². The van der Waals surface area contributed by atoms with E-state index in [9.17, 15) is 9.18 Å². The highest BCUT2D eigenvalue weighted by molar-refractivity contribution is 5.95. The van der Waals surface area contributed by atoms with Crippen molar-refractivity contribution >= 4 is 5.78 Å². The zero-order chi connectivity index (χ0) is 14.5. The van der Waals surface area contributed by atoms with Gasteiger partial charge < -0.3 is 4.57 Å². The van der Waals surface area contributed by atoms with Gasteiger partial charge in [0.15, 0.2) is 17.2 Å². The molecule has 5 nitrogen and oxygen atoms in total. The average molecular weight is 268 g/mol. The van der Waals surface area contributed by atoms with Crippen LogP contribution in [0.2, 0.25) is 0 Å². The molecule has 0 saturated carbocycles. The number of benzene rings is 1. The van der Waals surface area contributed by atoms with E-state index in [4.69, 9.17) is 10.5 Å². The standard InChI is InChI=1S/C14H9FN4O/c15-11-3-1-10(2-4-11)14(20)5-6-19-9-18-12(7-16)13(19)8-17/h1-4,9H,5-6H2. The lowest BCUT2D eigenvalue weighted by molar-refractivity contribution is 0.0977. The summed E-state index contributed by atoms with van der Waals surface area (Å²) >= 11 is 0. The van der Waals surface area contributed by atoms with Gasteiger partial charge >= 0.3 is 0 Å². The number of rotatable bonds is 4. The number of imidazole rings is 1. The summed E-state index contributed by atoms with van der Waals surface area (Å²) in [6.07, 6.45) is 1.50. The van der Waals surface area contributed by atoms with E-state index in [0.29, 0.717) is 5.56 Å². The van der Waals surface area contributed by atoms with E-state index in [1.54, 1.807) is 0 Å². The first-order chi connectivity index (χ1) is 9.65. The van der Waals surface area contributed by atoms with Crippen molar-refractivity contribution in [2.75, 3.05) is 0 Å². The number of carbonyl (C=O) groups excluding carboxylic acids is 1. The van der Waals surface area contributed by atoms with Gasteiger partial charge in [0.05, 0.1) is 6.33 Å². The van der Waals surface area contributed by atoms with Gasteiger partial charge in [0, 0.05) is 18.5 Å². The van der Waals surface area contributed by atoms with Crippen molar-refractivity contribution in [3.05, 3.63) is 53.4 Å². The molecule has 1 aromatic carbocycles. The van der Waals surface area contributed by atoms with Crippen LogP contribution in [0.5, 0.6) is 0 Å². The second-order valence-electron chi connectivity index (χ2n) is 4.04. The zero-order valence-electron chi connectivity index (χ0n) is 10.4. The fourth-order valence-corrected chi connectivity index (χ4v) is 1.75. The summed E-state index contributed by atoms with van der Waals surface area (Å²) in [6, 6.07) is 8.97. The van der Waals surface area contributed by atoms with E-state index in [0.717, 1.165) is 0 Å². The number of ketones is 1. The Morgan fingerprint density at radius 2 is 1.95 bits per heavy atom. The minimum Gasteiger partial charge on any atom is -0.321 e. The SMILES string of the molecule is N#Cc1ncn(CCC(=O)c2ccc(F)cc2)c1C#N. The Hall–Kier alpha value is -2.99. The quantitative estimate of drug-likeness (QED) is 0.794. The molecule has 0 bridgehead atoms. The summed E-state index contributed by atoms with van der Waals surface area (Å²) < 4.78 is 14.2. The molecular formula is C14H9FN4O. The van der Waals surface area contributed by atoms with Gasteiger partial charge in [-0.2, -0.15) is 10.5 Å². The third kappa shape index (κ3) is 2.70. The predicted molar refractivity (Wildman–Crippen MR) is 67.0 cm³/mol. The molecular weight excluding hydrogens is 259 g/mol. The molecule has 0 spiro atoms. The molecule has 0 atom stereocenters. The maximum Gasteiger partial charge on any atom is 0.176 e. The second kappa shape index (κ2) is 5.77. The van der Waals surface area contributed by atoms with E-state index in [2.05, 4.69) is 4.98 Å². The van der Waals surface area contributed by atoms with Crippen molar-refractivity contribution in [2.45, 2.75) is 13.0 Å². The predicted octanol–water partition coefficient (Wildman–Crippen LogP) is 2.04. The summed E-state index contributed by atoms with van der Waals surface area (Å²) in [4.78, 5) is 15.7. The van der Waals surface area contributed by atoms with Crippen LogP contribution in [0.3, 0.4) is 0 Å². The van der Waals surface area contributed by atoms with Crippen LogP contribution in [-0.4, -0.2) is 15.3 Å². The number of nitrogens with zero attached hydrogens (tertiary/aromatic N) is 4. The molecule has 0 amide bonds. The molecule has 0 N–H and O–H groups in total. The monoisotopic (exact) mass is 268 g/mol. The number of aryl methyl sites for hydroxylation is 1. The maximum absolute atomic E-state index is 12.8. The minimum atomic E-state index is -0.401. The van der Waals surface area contributed by atoms with Crippen LogP contribution in [0.15, 0.2) is 30.6 Å². The normalized spacial score (nSPS) is 9.75. The summed E-state index contributed by atoms with van der Waals surface area (Å²) in [7, 11) is 0. The van der Waals surface area contributed by atoms with E-state index in [1.807, 2.05) is 12.1 Å². The van der Waals surface area contributed by atoms with Crippen molar-refractivity contribution in [1.82, 2.24) is 9.55 Å². The fourth-order valence-electron chi connectivity index (χ4n) is 1.75. The highest BCUT2D eigenvalue weighted by Crippen LogP contribution is 2.09. The summed E-state index contributed by atoms with van der Waals surface area (Å²) in [5, 5.41) is 17.7. The van der Waals surface area contributed by atoms with Crippen LogP contribution in [0.4, 0.5) is 4.39 Å². The van der Waals surface area contributed by atoms with Gasteiger partial charge in [-0.3, -0.25) is 4.79 Å². The number of nitriles is 2. The maximum atomic E-state index is 12.8. The Bertz CT molecular complexity index is 719. The fraction of sp³-hybridized carbons (Fsp3) is 0.143. The van der Waals surface area contributed by atoms with Gasteiger partial charge in [0.25, 0.3) is 0 Å². The molecule has 0 fully saturated rings. The second-order valence-corrected chi connectivity index (χ2v) is 4.04. The highest BCUT2D eigenvalue weighted by atomic mass is 19.1. The van der Waals surface area contributed by atoms with Crippen molar-refractivity contribution < 1.29 is 9.18 Å². The summed E-state index contributed by atoms with van der Waals surface area (Å²) in [5.41, 5.74) is 0.590. The number of aromatic nitrogens is 2. The Labute approximate surface area is 114 Å². The first-order valence-electron chi connectivity index (χ1n) is 5.80. The topological polar surface area (TPSA) is 82.5 Å². The van der Waals surface area contributed by atoms with Crippen molar-refractivity contribution in [3.8, 4) is 12.1 Å². The molecule has 0 saturated heterocycles. The molecule has 98 valence electrons. The number of hydrogen-bond donors (Lipinski definition) is 0. The van der Waals surface area contributed by atoms with Gasteiger partial charge in [-0.15, -0.1) is 0 Å². The van der Waals surface area contributed by atoms with Gasteiger partial charge in [-0.05, 0) is 24.3 Å². The lowest BCUT2D eigenvalue weighted by Crippen LogP contribution is -2.07. The van der Waals surface area contributed by atoms with Crippen LogP contribution in [0, 0.1) is 28.5 Å². The Morgan fingerprint density at radius 3 is 2.55 bits per heavy atom. The number of hydrogen-bond acceptors (Lipinski definition) is 4. The van der Waals surface area contributed by atoms with Crippen LogP contribution in [0.25, 0.3) is 0 Å². The molecule has 1 aromatic heterocycles. The summed E-state index contributed by atoms with van der Waals surface area (Å²) in [6.45, 7) is 0.244. The van der Waals surface area contributed by atoms with Crippen molar-refractivity contribution in [3.63, 3.8) is 0 Å². The molecule has 2 rings (SSSR count). The van der Waals surface area contributed by atoms with Crippen LogP contribution < -0.4 is 0 Å². The molecule has 0 unspecified atom stereocenters. The van der Waals surface area contributed by atoms with Gasteiger partial charge in [0.1, 0.15) is 18.0 Å². The Kier molecular flexibility index (Phi) is 3.88. The zero-order valence-corrected chi connectivity index (χ0v) is 10.4. The molecule has 2 aromatic rings. The van der Waals surface area contributed by atoms with Crippen LogP contribution in [-0.2, 0) is 6.54 Å². The Morgan fingerprint density at radius 1 is 1.25 bits per heavy atom. The van der Waals surface area contributed by atoms with Crippen LogP contribution in [0.1, 0.15) is 28.2 Å². The van der Waals surface area contributed by atoms with Gasteiger partial charge in [-0.1, -0.05) is 0 Å². The first-order valence-corrected chi connectivity index (χ1v) is 5.80. The molecule has 6 heteroatoms. The summed E-state index contributed by atoms with van der Waals surface area (Å²) in [5.74, 6) is -0.567. The van der Waals surface area contributed by atoms with E-state index in [-0.39, 0.29) is 30.1 Å². The minimum absolute atomic E-state index is 0.0433. The molecule has 0 aliphatic rings. The van der Waals surface area contributed by atoms with Gasteiger partial charge in [0.2, 0.25) is 0 Å². The first kappa shape index (κ1) is 13.4. The molecule has 1 heterocycles. The lowest BCUT2D eigenvalue weighted by atomic mass is 10.1. The van der Waals surface area contributed by atoms with Crippen LogP contribution >= 0.6 is 0 Å². The molecule has 0 radical (unpaired) electrons. The smallest absolute Gasteiger partial charge is 0.176 e. The number of carbonyl (C=O) groups is 1. The van der Waals surface area contributed by atoms with Crippen molar-refractivity contribution in [2.24, 2.45) is 0 Å².